The summed E-state index contributed by atoms with van der Waals surface area (Å²) < 4.78 is 0. The summed E-state index contributed by atoms with van der Waals surface area (Å²) in [6.45, 7) is 6.64. The van der Waals surface area contributed by atoms with Gasteiger partial charge in [0.05, 0.1) is 0 Å². The highest BCUT2D eigenvalue weighted by molar-refractivity contribution is 5.67. The molecule has 1 aliphatic rings. The van der Waals surface area contributed by atoms with Crippen LogP contribution in [-0.2, 0) is 0 Å². The van der Waals surface area contributed by atoms with Crippen LogP contribution in [0.3, 0.4) is 0 Å². The molecule has 1 N–H and O–H groups in total. The van der Waals surface area contributed by atoms with Crippen molar-refractivity contribution in [2.45, 2.75) is 39.5 Å². The number of hydrogen-bond donors (Lipinski definition) is 1. The first-order valence-electron chi connectivity index (χ1n) is 5.79. The summed E-state index contributed by atoms with van der Waals surface area (Å²) in [6, 6.07) is 0. The van der Waals surface area contributed by atoms with Gasteiger partial charge in [-0.05, 0) is 42.9 Å². The molecular weight excluding hydrogens is 182 g/mol. The molecule has 0 aliphatic heterocycles. The molecule has 1 heterocycles. The van der Waals surface area contributed by atoms with Crippen molar-refractivity contribution in [3.8, 4) is 0 Å². The van der Waals surface area contributed by atoms with Gasteiger partial charge < -0.3 is 4.98 Å². The van der Waals surface area contributed by atoms with Gasteiger partial charge in [0.15, 0.2) is 0 Å². The largest absolute Gasteiger partial charge is 0.358 e. The number of aromatic amines is 1. The summed E-state index contributed by atoms with van der Waals surface area (Å²) in [6.07, 6.45) is 11.2. The van der Waals surface area contributed by atoms with Crippen LogP contribution in [-0.4, -0.2) is 4.98 Å². The Hall–Kier alpha value is -1.24. The number of allylic oxidation sites excluding steroid dienone is 2. The maximum atomic E-state index is 3.47. The van der Waals surface area contributed by atoms with E-state index >= 15 is 0 Å². The van der Waals surface area contributed by atoms with E-state index in [1.54, 1.807) is 0 Å². The van der Waals surface area contributed by atoms with Crippen LogP contribution in [0, 0.1) is 6.92 Å². The second kappa shape index (κ2) is 4.09. The summed E-state index contributed by atoms with van der Waals surface area (Å²) in [4.78, 5) is 3.47. The van der Waals surface area contributed by atoms with Gasteiger partial charge in [0, 0.05) is 11.4 Å². The van der Waals surface area contributed by atoms with Gasteiger partial charge >= 0.3 is 0 Å². The Kier molecular flexibility index (Phi) is 2.81. The lowest BCUT2D eigenvalue weighted by Gasteiger charge is -2.14. The average Bonchev–Trinajstić information content (AvgIpc) is 2.53. The normalized spacial score (nSPS) is 19.8. The predicted octanol–water partition coefficient (Wildman–Crippen LogP) is 4.27. The molecule has 1 aromatic rings. The number of nitrogens with one attached hydrogen (secondary N) is 1. The zero-order valence-electron chi connectivity index (χ0n) is 9.80. The highest BCUT2D eigenvalue weighted by atomic mass is 14.7. The number of H-pyrrole nitrogens is 1. The van der Waals surface area contributed by atoms with Crippen molar-refractivity contribution in [2.75, 3.05) is 0 Å². The Morgan fingerprint density at radius 2 is 2.33 bits per heavy atom. The van der Waals surface area contributed by atoms with E-state index in [4.69, 9.17) is 0 Å². The standard InChI is InChI=1S/C14H19N/c1-4-5-8-12-11(3)15-13-9-6-7-10(2)14(12)13/h5-6,8-10,15H,4,7H2,1-3H3/b8-5-. The molecule has 0 spiro atoms. The summed E-state index contributed by atoms with van der Waals surface area (Å²) in [5, 5.41) is 0. The number of aromatic nitrogens is 1. The van der Waals surface area contributed by atoms with Crippen molar-refractivity contribution >= 4 is 12.2 Å². The Balaban J connectivity index is 2.50. The quantitative estimate of drug-likeness (QED) is 0.735. The summed E-state index contributed by atoms with van der Waals surface area (Å²) in [7, 11) is 0. The van der Waals surface area contributed by atoms with Crippen LogP contribution in [0.1, 0.15) is 55.1 Å². The Morgan fingerprint density at radius 1 is 1.53 bits per heavy atom. The summed E-state index contributed by atoms with van der Waals surface area (Å²) in [5.41, 5.74) is 5.51. The Bertz CT molecular complexity index is 407. The van der Waals surface area contributed by atoms with E-state index in [1.165, 1.54) is 22.5 Å². The lowest BCUT2D eigenvalue weighted by Crippen LogP contribution is -1.98. The van der Waals surface area contributed by atoms with Gasteiger partial charge in [-0.1, -0.05) is 32.1 Å². The van der Waals surface area contributed by atoms with E-state index in [2.05, 4.69) is 50.1 Å². The van der Waals surface area contributed by atoms with E-state index in [-0.39, 0.29) is 0 Å². The molecule has 15 heavy (non-hydrogen) atoms. The summed E-state index contributed by atoms with van der Waals surface area (Å²) in [5.74, 6) is 0.645. The molecule has 1 aromatic heterocycles. The highest BCUT2D eigenvalue weighted by Crippen LogP contribution is 2.34. The van der Waals surface area contributed by atoms with Gasteiger partial charge in [-0.3, -0.25) is 0 Å². The predicted molar refractivity (Wildman–Crippen MR) is 66.9 cm³/mol. The zero-order chi connectivity index (χ0) is 10.8. The minimum atomic E-state index is 0.645. The van der Waals surface area contributed by atoms with Crippen molar-refractivity contribution in [3.05, 3.63) is 34.7 Å². The molecule has 0 fully saturated rings. The van der Waals surface area contributed by atoms with Crippen LogP contribution in [0.4, 0.5) is 0 Å². The van der Waals surface area contributed by atoms with E-state index in [0.717, 1.165) is 12.8 Å². The van der Waals surface area contributed by atoms with Crippen LogP contribution < -0.4 is 0 Å². The van der Waals surface area contributed by atoms with Crippen molar-refractivity contribution in [1.82, 2.24) is 4.98 Å². The van der Waals surface area contributed by atoms with Crippen molar-refractivity contribution < 1.29 is 0 Å². The first kappa shape index (κ1) is 10.3. The van der Waals surface area contributed by atoms with Crippen molar-refractivity contribution in [1.29, 1.82) is 0 Å². The average molecular weight is 201 g/mol. The Morgan fingerprint density at radius 3 is 3.07 bits per heavy atom. The lowest BCUT2D eigenvalue weighted by atomic mass is 9.89. The zero-order valence-corrected chi connectivity index (χ0v) is 9.80. The molecule has 1 aliphatic carbocycles. The van der Waals surface area contributed by atoms with E-state index in [9.17, 15) is 0 Å². The minimum absolute atomic E-state index is 0.645. The third-order valence-electron chi connectivity index (χ3n) is 3.09. The smallest absolute Gasteiger partial charge is 0.0420 e. The van der Waals surface area contributed by atoms with Crippen LogP contribution >= 0.6 is 0 Å². The van der Waals surface area contributed by atoms with Crippen LogP contribution in [0.25, 0.3) is 12.2 Å². The van der Waals surface area contributed by atoms with Crippen molar-refractivity contribution in [2.24, 2.45) is 0 Å². The molecule has 1 atom stereocenters. The highest BCUT2D eigenvalue weighted by Gasteiger charge is 2.19. The number of rotatable bonds is 2. The lowest BCUT2D eigenvalue weighted by molar-refractivity contribution is 0.770. The fraction of sp³-hybridized carbons (Fsp3) is 0.429. The second-order valence-corrected chi connectivity index (χ2v) is 4.34. The van der Waals surface area contributed by atoms with Crippen LogP contribution in [0.15, 0.2) is 12.2 Å². The van der Waals surface area contributed by atoms with Gasteiger partial charge in [-0.25, -0.2) is 0 Å². The molecule has 2 rings (SSSR count). The molecule has 1 heteroatoms. The SMILES string of the molecule is CC/C=C\c1c(C)[nH]c2c1C(C)CC=C2. The number of aryl methyl sites for hydroxylation is 1. The molecule has 0 aromatic carbocycles. The van der Waals surface area contributed by atoms with Gasteiger partial charge in [0.1, 0.15) is 0 Å². The molecule has 1 unspecified atom stereocenters. The van der Waals surface area contributed by atoms with Gasteiger partial charge in [-0.15, -0.1) is 0 Å². The number of fused-ring (bicyclic) bond motifs is 1. The van der Waals surface area contributed by atoms with Gasteiger partial charge in [-0.2, -0.15) is 0 Å². The topological polar surface area (TPSA) is 15.8 Å². The summed E-state index contributed by atoms with van der Waals surface area (Å²) >= 11 is 0. The first-order chi connectivity index (χ1) is 7.24. The van der Waals surface area contributed by atoms with Gasteiger partial charge in [0.2, 0.25) is 0 Å². The van der Waals surface area contributed by atoms with E-state index < -0.39 is 0 Å². The maximum Gasteiger partial charge on any atom is 0.0420 e. The third-order valence-corrected chi connectivity index (χ3v) is 3.09. The first-order valence-corrected chi connectivity index (χ1v) is 5.79. The molecular formula is C14H19N. The van der Waals surface area contributed by atoms with Crippen LogP contribution in [0.2, 0.25) is 0 Å². The van der Waals surface area contributed by atoms with E-state index in [1.807, 2.05) is 0 Å². The molecule has 80 valence electrons. The monoisotopic (exact) mass is 201 g/mol. The fourth-order valence-electron chi connectivity index (χ4n) is 2.30. The molecule has 0 radical (unpaired) electrons. The molecule has 0 bridgehead atoms. The molecule has 1 nitrogen and oxygen atoms in total. The minimum Gasteiger partial charge on any atom is -0.358 e. The van der Waals surface area contributed by atoms with Crippen molar-refractivity contribution in [3.63, 3.8) is 0 Å². The van der Waals surface area contributed by atoms with Gasteiger partial charge in [0.25, 0.3) is 0 Å². The molecule has 0 amide bonds. The Labute approximate surface area is 91.9 Å². The van der Waals surface area contributed by atoms with E-state index in [0.29, 0.717) is 5.92 Å². The maximum absolute atomic E-state index is 3.47. The third kappa shape index (κ3) is 1.79. The molecule has 0 saturated carbocycles. The molecule has 0 saturated heterocycles. The fourth-order valence-corrected chi connectivity index (χ4v) is 2.30. The second-order valence-electron chi connectivity index (χ2n) is 4.34. The number of hydrogen-bond acceptors (Lipinski definition) is 0. The van der Waals surface area contributed by atoms with Crippen LogP contribution in [0.5, 0.6) is 0 Å².